The van der Waals surface area contributed by atoms with Crippen LogP contribution in [0.15, 0.2) is 41.8 Å². The number of hydrogen-bond donors (Lipinski definition) is 1. The number of hydrogen-bond acceptors (Lipinski definition) is 4. The van der Waals surface area contributed by atoms with Gasteiger partial charge in [-0.1, -0.05) is 30.3 Å². The van der Waals surface area contributed by atoms with Crippen molar-refractivity contribution in [3.63, 3.8) is 0 Å². The Balaban J connectivity index is 1.38. The van der Waals surface area contributed by atoms with E-state index >= 15 is 0 Å². The maximum atomic E-state index is 12.9. The highest BCUT2D eigenvalue weighted by atomic mass is 32.2. The first-order valence-electron chi connectivity index (χ1n) is 9.30. The number of carbonyl (C=O) groups is 1. The van der Waals surface area contributed by atoms with Crippen LogP contribution in [0.5, 0.6) is 0 Å². The molecule has 7 heteroatoms. The number of rotatable bonds is 5. The molecule has 1 N–H and O–H groups in total. The van der Waals surface area contributed by atoms with Gasteiger partial charge in [-0.15, -0.1) is 11.3 Å². The summed E-state index contributed by atoms with van der Waals surface area (Å²) in [6.07, 6.45) is 3.70. The molecule has 5 nitrogen and oxygen atoms in total. The number of nitrogens with one attached hydrogen (secondary N) is 1. The third kappa shape index (κ3) is 4.42. The van der Waals surface area contributed by atoms with Gasteiger partial charge < -0.3 is 4.90 Å². The topological polar surface area (TPSA) is 66.5 Å². The van der Waals surface area contributed by atoms with Gasteiger partial charge in [0.05, 0.1) is 6.26 Å². The number of thiophene rings is 1. The maximum Gasteiger partial charge on any atom is 0.226 e. The normalized spacial score (nSPS) is 25.4. The highest BCUT2D eigenvalue weighted by Gasteiger charge is 2.47. The summed E-state index contributed by atoms with van der Waals surface area (Å²) in [5, 5.41) is 2.16. The molecule has 1 saturated carbocycles. The van der Waals surface area contributed by atoms with Gasteiger partial charge in [0.2, 0.25) is 15.9 Å². The highest BCUT2D eigenvalue weighted by Crippen LogP contribution is 2.51. The monoisotopic (exact) mass is 404 g/mol. The largest absolute Gasteiger partial charge is 0.341 e. The van der Waals surface area contributed by atoms with Gasteiger partial charge in [0.1, 0.15) is 0 Å². The molecule has 2 heterocycles. The van der Waals surface area contributed by atoms with E-state index in [1.165, 1.54) is 22.3 Å². The molecule has 0 spiro atoms. The summed E-state index contributed by atoms with van der Waals surface area (Å²) < 4.78 is 25.6. The molecule has 0 radical (unpaired) electrons. The number of sulfonamides is 1. The van der Waals surface area contributed by atoms with Crippen molar-refractivity contribution in [2.75, 3.05) is 19.3 Å². The predicted molar refractivity (Wildman–Crippen MR) is 108 cm³/mol. The fourth-order valence-corrected chi connectivity index (χ4v) is 5.82. The van der Waals surface area contributed by atoms with Crippen LogP contribution in [-0.2, 0) is 14.8 Å². The molecular formula is C20H24N2O3S2. The Morgan fingerprint density at radius 1 is 1.22 bits per heavy atom. The second kappa shape index (κ2) is 7.37. The average molecular weight is 405 g/mol. The van der Waals surface area contributed by atoms with Gasteiger partial charge in [-0.3, -0.25) is 4.79 Å². The Kier molecular flexibility index (Phi) is 5.09. The average Bonchev–Trinajstić information content (AvgIpc) is 3.28. The third-order valence-corrected chi connectivity index (χ3v) is 7.14. The van der Waals surface area contributed by atoms with Crippen molar-refractivity contribution in [3.05, 3.63) is 46.7 Å². The predicted octanol–water partition coefficient (Wildman–Crippen LogP) is 3.06. The van der Waals surface area contributed by atoms with E-state index in [-0.39, 0.29) is 17.9 Å². The van der Waals surface area contributed by atoms with Gasteiger partial charge >= 0.3 is 0 Å². The molecule has 27 heavy (non-hydrogen) atoms. The molecule has 1 amide bonds. The van der Waals surface area contributed by atoms with Crippen LogP contribution < -0.4 is 4.72 Å². The minimum atomic E-state index is -3.24. The van der Waals surface area contributed by atoms with E-state index in [9.17, 15) is 13.2 Å². The molecule has 3 atom stereocenters. The summed E-state index contributed by atoms with van der Waals surface area (Å²) in [6.45, 7) is 1.21. The quantitative estimate of drug-likeness (QED) is 0.833. The molecule has 2 fully saturated rings. The van der Waals surface area contributed by atoms with Crippen molar-refractivity contribution >= 4 is 27.3 Å². The lowest BCUT2D eigenvalue weighted by Gasteiger charge is -2.33. The Morgan fingerprint density at radius 3 is 2.74 bits per heavy atom. The van der Waals surface area contributed by atoms with Gasteiger partial charge in [0.15, 0.2) is 0 Å². The van der Waals surface area contributed by atoms with Crippen molar-refractivity contribution < 1.29 is 13.2 Å². The van der Waals surface area contributed by atoms with Crippen LogP contribution in [-0.4, -0.2) is 44.6 Å². The Labute approximate surface area is 164 Å². The summed E-state index contributed by atoms with van der Waals surface area (Å²) in [5.41, 5.74) is 2.42. The Hall–Kier alpha value is -1.70. The van der Waals surface area contributed by atoms with Crippen molar-refractivity contribution in [2.45, 2.75) is 31.2 Å². The van der Waals surface area contributed by atoms with Crippen molar-refractivity contribution in [2.24, 2.45) is 5.92 Å². The SMILES string of the molecule is CS(=O)(=O)NC1CCCN(C(=O)C2CC2c2cc(-c3ccccc3)cs2)C1. The van der Waals surface area contributed by atoms with E-state index in [2.05, 4.69) is 28.3 Å². The van der Waals surface area contributed by atoms with E-state index in [1.807, 2.05) is 23.1 Å². The van der Waals surface area contributed by atoms with Crippen molar-refractivity contribution in [3.8, 4) is 11.1 Å². The Bertz CT molecular complexity index is 924. The molecule has 1 saturated heterocycles. The van der Waals surface area contributed by atoms with Crippen LogP contribution in [0.4, 0.5) is 0 Å². The number of amides is 1. The van der Waals surface area contributed by atoms with Crippen LogP contribution >= 0.6 is 11.3 Å². The van der Waals surface area contributed by atoms with Crippen LogP contribution in [0.1, 0.15) is 30.1 Å². The minimum Gasteiger partial charge on any atom is -0.341 e. The number of piperidine rings is 1. The van der Waals surface area contributed by atoms with E-state index in [1.54, 1.807) is 11.3 Å². The zero-order chi connectivity index (χ0) is 19.0. The zero-order valence-corrected chi connectivity index (χ0v) is 16.9. The molecule has 1 aromatic heterocycles. The molecule has 1 aromatic carbocycles. The van der Waals surface area contributed by atoms with Crippen molar-refractivity contribution in [1.82, 2.24) is 9.62 Å². The lowest BCUT2D eigenvalue weighted by Crippen LogP contribution is -2.49. The Morgan fingerprint density at radius 2 is 2.00 bits per heavy atom. The fourth-order valence-electron chi connectivity index (χ4n) is 3.92. The zero-order valence-electron chi connectivity index (χ0n) is 15.3. The van der Waals surface area contributed by atoms with E-state index in [0.717, 1.165) is 25.8 Å². The highest BCUT2D eigenvalue weighted by molar-refractivity contribution is 7.88. The molecule has 4 rings (SSSR count). The van der Waals surface area contributed by atoms with Gasteiger partial charge in [-0.2, -0.15) is 0 Å². The molecule has 1 aliphatic heterocycles. The van der Waals surface area contributed by atoms with Gasteiger partial charge in [0.25, 0.3) is 0 Å². The summed E-state index contributed by atoms with van der Waals surface area (Å²) in [6, 6.07) is 12.3. The number of nitrogens with zero attached hydrogens (tertiary/aromatic N) is 1. The van der Waals surface area contributed by atoms with Gasteiger partial charge in [-0.05, 0) is 41.8 Å². The third-order valence-electron chi connectivity index (χ3n) is 5.31. The second-order valence-electron chi connectivity index (χ2n) is 7.57. The number of benzene rings is 1. The van der Waals surface area contributed by atoms with E-state index in [4.69, 9.17) is 0 Å². The lowest BCUT2D eigenvalue weighted by atomic mass is 10.1. The summed E-state index contributed by atoms with van der Waals surface area (Å²) in [7, 11) is -3.24. The van der Waals surface area contributed by atoms with E-state index in [0.29, 0.717) is 12.5 Å². The smallest absolute Gasteiger partial charge is 0.226 e. The lowest BCUT2D eigenvalue weighted by molar-refractivity contribution is -0.133. The first-order chi connectivity index (χ1) is 12.9. The van der Waals surface area contributed by atoms with E-state index < -0.39 is 10.0 Å². The van der Waals surface area contributed by atoms with Crippen LogP contribution in [0.25, 0.3) is 11.1 Å². The molecule has 2 aliphatic rings. The summed E-state index contributed by atoms with van der Waals surface area (Å²) in [4.78, 5) is 16.0. The fraction of sp³-hybridized carbons (Fsp3) is 0.450. The maximum absolute atomic E-state index is 12.9. The standard InChI is InChI=1S/C20H24N2O3S2/c1-27(24,25)21-16-8-5-9-22(12-16)20(23)18-11-17(18)19-10-15(13-26-19)14-6-3-2-4-7-14/h2-4,6-7,10,13,16-18,21H,5,8-9,11-12H2,1H3. The second-order valence-corrected chi connectivity index (χ2v) is 10.3. The van der Waals surface area contributed by atoms with Crippen LogP contribution in [0.2, 0.25) is 0 Å². The van der Waals surface area contributed by atoms with Gasteiger partial charge in [0, 0.05) is 35.8 Å². The van der Waals surface area contributed by atoms with Crippen LogP contribution in [0, 0.1) is 5.92 Å². The molecule has 0 bridgehead atoms. The molecule has 1 aliphatic carbocycles. The number of carbonyl (C=O) groups excluding carboxylic acids is 1. The van der Waals surface area contributed by atoms with Gasteiger partial charge in [-0.25, -0.2) is 13.1 Å². The first kappa shape index (κ1) is 18.7. The first-order valence-corrected chi connectivity index (χ1v) is 12.1. The molecule has 144 valence electrons. The van der Waals surface area contributed by atoms with Crippen molar-refractivity contribution in [1.29, 1.82) is 0 Å². The summed E-state index contributed by atoms with van der Waals surface area (Å²) in [5.74, 6) is 0.530. The summed E-state index contributed by atoms with van der Waals surface area (Å²) >= 11 is 1.73. The van der Waals surface area contributed by atoms with Crippen LogP contribution in [0.3, 0.4) is 0 Å². The molecule has 3 unspecified atom stereocenters. The minimum absolute atomic E-state index is 0.0456. The molecular weight excluding hydrogens is 380 g/mol. The molecule has 2 aromatic rings. The number of likely N-dealkylation sites (tertiary alicyclic amines) is 1.